The molecule has 1 fully saturated rings. The van der Waals surface area contributed by atoms with Crippen LogP contribution in [0.5, 0.6) is 5.75 Å². The number of para-hydroxylation sites is 1. The number of ether oxygens (including phenoxy) is 1. The largest absolute Gasteiger partial charge is 0.492 e. The van der Waals surface area contributed by atoms with E-state index in [2.05, 4.69) is 4.90 Å². The van der Waals surface area contributed by atoms with E-state index < -0.39 is 9.84 Å². The highest BCUT2D eigenvalue weighted by atomic mass is 32.2. The van der Waals surface area contributed by atoms with Gasteiger partial charge in [0.1, 0.15) is 12.4 Å². The van der Waals surface area contributed by atoms with Gasteiger partial charge in [0.2, 0.25) is 0 Å². The molecular weight excluding hydrogens is 364 g/mol. The molecule has 1 aliphatic rings. The maximum absolute atomic E-state index is 12.6. The van der Waals surface area contributed by atoms with Crippen molar-refractivity contribution in [3.05, 3.63) is 60.2 Å². The van der Waals surface area contributed by atoms with Crippen LogP contribution in [-0.4, -0.2) is 69.7 Å². The minimum atomic E-state index is -3.25. The third-order valence-electron chi connectivity index (χ3n) is 4.61. The van der Waals surface area contributed by atoms with Crippen LogP contribution in [0.4, 0.5) is 0 Å². The molecule has 0 radical (unpaired) electrons. The zero-order chi connectivity index (χ0) is 19.3. The Balaban J connectivity index is 1.46. The highest BCUT2D eigenvalue weighted by Gasteiger charge is 2.22. The van der Waals surface area contributed by atoms with Crippen LogP contribution in [0.25, 0.3) is 0 Å². The summed E-state index contributed by atoms with van der Waals surface area (Å²) in [6, 6.07) is 15.9. The number of sulfone groups is 1. The first-order valence-corrected chi connectivity index (χ1v) is 10.8. The lowest BCUT2D eigenvalue weighted by Crippen LogP contribution is -2.49. The second-order valence-electron chi connectivity index (χ2n) is 6.59. The second kappa shape index (κ2) is 8.54. The monoisotopic (exact) mass is 388 g/mol. The Bertz CT molecular complexity index is 859. The molecule has 0 N–H and O–H groups in total. The van der Waals surface area contributed by atoms with E-state index in [-0.39, 0.29) is 10.8 Å². The van der Waals surface area contributed by atoms with Gasteiger partial charge in [0.25, 0.3) is 5.91 Å². The van der Waals surface area contributed by atoms with Crippen molar-refractivity contribution in [2.24, 2.45) is 0 Å². The lowest BCUT2D eigenvalue weighted by Gasteiger charge is -2.34. The summed E-state index contributed by atoms with van der Waals surface area (Å²) >= 11 is 0. The molecule has 3 rings (SSSR count). The molecule has 0 aromatic heterocycles. The van der Waals surface area contributed by atoms with Gasteiger partial charge in [-0.2, -0.15) is 0 Å². The van der Waals surface area contributed by atoms with Gasteiger partial charge < -0.3 is 9.64 Å². The number of piperazine rings is 1. The Morgan fingerprint density at radius 2 is 1.59 bits per heavy atom. The van der Waals surface area contributed by atoms with Crippen LogP contribution in [0.15, 0.2) is 59.5 Å². The van der Waals surface area contributed by atoms with Crippen LogP contribution in [-0.2, 0) is 9.84 Å². The average molecular weight is 388 g/mol. The summed E-state index contributed by atoms with van der Waals surface area (Å²) in [5.74, 6) is 0.805. The SMILES string of the molecule is CS(=O)(=O)c1ccc(C(=O)N2CCN(CCOc3ccccc3)CC2)cc1. The van der Waals surface area contributed by atoms with Gasteiger partial charge in [-0.3, -0.25) is 9.69 Å². The summed E-state index contributed by atoms with van der Waals surface area (Å²) in [6.07, 6.45) is 1.16. The van der Waals surface area contributed by atoms with Crippen molar-refractivity contribution in [2.45, 2.75) is 4.90 Å². The molecule has 144 valence electrons. The number of hydrogen-bond donors (Lipinski definition) is 0. The fourth-order valence-electron chi connectivity index (χ4n) is 3.01. The van der Waals surface area contributed by atoms with Crippen molar-refractivity contribution in [3.63, 3.8) is 0 Å². The molecule has 1 saturated heterocycles. The molecule has 0 unspecified atom stereocenters. The van der Waals surface area contributed by atoms with Gasteiger partial charge in [-0.25, -0.2) is 8.42 Å². The summed E-state index contributed by atoms with van der Waals surface area (Å²) in [5.41, 5.74) is 0.517. The normalized spacial score (nSPS) is 15.5. The smallest absolute Gasteiger partial charge is 0.253 e. The highest BCUT2D eigenvalue weighted by molar-refractivity contribution is 7.90. The van der Waals surface area contributed by atoms with Gasteiger partial charge in [-0.1, -0.05) is 18.2 Å². The van der Waals surface area contributed by atoms with E-state index in [0.717, 1.165) is 31.6 Å². The summed E-state index contributed by atoms with van der Waals surface area (Å²) in [5, 5.41) is 0. The molecule has 1 aliphatic heterocycles. The van der Waals surface area contributed by atoms with Crippen LogP contribution in [0.3, 0.4) is 0 Å². The van der Waals surface area contributed by atoms with Crippen LogP contribution in [0.2, 0.25) is 0 Å². The fraction of sp³-hybridized carbons (Fsp3) is 0.350. The Morgan fingerprint density at radius 3 is 2.19 bits per heavy atom. The zero-order valence-electron chi connectivity index (χ0n) is 15.4. The Hall–Kier alpha value is -2.38. The second-order valence-corrected chi connectivity index (χ2v) is 8.61. The molecule has 0 saturated carbocycles. The molecule has 27 heavy (non-hydrogen) atoms. The van der Waals surface area contributed by atoms with Gasteiger partial charge >= 0.3 is 0 Å². The lowest BCUT2D eigenvalue weighted by molar-refractivity contribution is 0.0620. The topological polar surface area (TPSA) is 66.9 Å². The maximum Gasteiger partial charge on any atom is 0.253 e. The molecular formula is C20H24N2O4S. The third-order valence-corrected chi connectivity index (χ3v) is 5.74. The molecule has 1 heterocycles. The predicted molar refractivity (Wildman–Crippen MR) is 104 cm³/mol. The lowest BCUT2D eigenvalue weighted by atomic mass is 10.2. The Morgan fingerprint density at radius 1 is 0.963 bits per heavy atom. The quantitative estimate of drug-likeness (QED) is 0.756. The number of carbonyl (C=O) groups excluding carboxylic acids is 1. The van der Waals surface area contributed by atoms with E-state index in [9.17, 15) is 13.2 Å². The minimum Gasteiger partial charge on any atom is -0.492 e. The van der Waals surface area contributed by atoms with Crippen molar-refractivity contribution < 1.29 is 17.9 Å². The van der Waals surface area contributed by atoms with Crippen LogP contribution in [0, 0.1) is 0 Å². The van der Waals surface area contributed by atoms with Gasteiger partial charge in [0.15, 0.2) is 9.84 Å². The minimum absolute atomic E-state index is 0.0600. The average Bonchev–Trinajstić information content (AvgIpc) is 2.68. The molecule has 7 heteroatoms. The van der Waals surface area contributed by atoms with E-state index in [1.807, 2.05) is 35.2 Å². The molecule has 0 spiro atoms. The predicted octanol–water partition coefficient (Wildman–Crippen LogP) is 1.93. The Kier molecular flexibility index (Phi) is 6.13. The molecule has 0 bridgehead atoms. The van der Waals surface area contributed by atoms with E-state index in [4.69, 9.17) is 4.74 Å². The van der Waals surface area contributed by atoms with Gasteiger partial charge in [-0.05, 0) is 36.4 Å². The van der Waals surface area contributed by atoms with Crippen molar-refractivity contribution in [1.29, 1.82) is 0 Å². The first kappa shape index (κ1) is 19.4. The molecule has 1 amide bonds. The van der Waals surface area contributed by atoms with E-state index in [1.165, 1.54) is 12.1 Å². The number of hydrogen-bond acceptors (Lipinski definition) is 5. The van der Waals surface area contributed by atoms with E-state index >= 15 is 0 Å². The molecule has 6 nitrogen and oxygen atoms in total. The van der Waals surface area contributed by atoms with E-state index in [0.29, 0.717) is 25.3 Å². The number of benzene rings is 2. The first-order valence-electron chi connectivity index (χ1n) is 8.93. The Labute approximate surface area is 160 Å². The summed E-state index contributed by atoms with van der Waals surface area (Å²) in [4.78, 5) is 16.9. The molecule has 0 aliphatic carbocycles. The fourth-order valence-corrected chi connectivity index (χ4v) is 3.64. The zero-order valence-corrected chi connectivity index (χ0v) is 16.2. The maximum atomic E-state index is 12.6. The van der Waals surface area contributed by atoms with Crippen molar-refractivity contribution in [2.75, 3.05) is 45.6 Å². The number of amides is 1. The van der Waals surface area contributed by atoms with Crippen molar-refractivity contribution in [1.82, 2.24) is 9.80 Å². The van der Waals surface area contributed by atoms with Crippen molar-refractivity contribution in [3.8, 4) is 5.75 Å². The number of nitrogens with zero attached hydrogens (tertiary/aromatic N) is 2. The van der Waals surface area contributed by atoms with Crippen LogP contribution < -0.4 is 4.74 Å². The first-order chi connectivity index (χ1) is 12.9. The summed E-state index contributed by atoms with van der Waals surface area (Å²) in [7, 11) is -3.25. The van der Waals surface area contributed by atoms with Gasteiger partial charge in [0.05, 0.1) is 4.90 Å². The van der Waals surface area contributed by atoms with Gasteiger partial charge in [-0.15, -0.1) is 0 Å². The number of rotatable bonds is 6. The highest BCUT2D eigenvalue weighted by Crippen LogP contribution is 2.14. The summed E-state index contributed by atoms with van der Waals surface area (Å²) < 4.78 is 28.8. The van der Waals surface area contributed by atoms with Crippen LogP contribution in [0.1, 0.15) is 10.4 Å². The van der Waals surface area contributed by atoms with Crippen molar-refractivity contribution >= 4 is 15.7 Å². The summed E-state index contributed by atoms with van der Waals surface area (Å²) in [6.45, 7) is 4.33. The third kappa shape index (κ3) is 5.30. The molecule has 2 aromatic carbocycles. The molecule has 2 aromatic rings. The standard InChI is InChI=1S/C20H24N2O4S/c1-27(24,25)19-9-7-17(8-10-19)20(23)22-13-11-21(12-14-22)15-16-26-18-5-3-2-4-6-18/h2-10H,11-16H2,1H3. The van der Waals surface area contributed by atoms with E-state index in [1.54, 1.807) is 12.1 Å². The molecule has 0 atom stereocenters. The van der Waals surface area contributed by atoms with Gasteiger partial charge in [0, 0.05) is 44.5 Å². The number of carbonyl (C=O) groups is 1. The van der Waals surface area contributed by atoms with Crippen LogP contribution >= 0.6 is 0 Å².